The van der Waals surface area contributed by atoms with Crippen molar-refractivity contribution in [3.05, 3.63) is 29.7 Å². The first-order valence-corrected chi connectivity index (χ1v) is 7.32. The maximum Gasteiger partial charge on any atom is 0.229 e. The van der Waals surface area contributed by atoms with Gasteiger partial charge in [-0.2, -0.15) is 10.1 Å². The van der Waals surface area contributed by atoms with E-state index in [0.29, 0.717) is 18.1 Å². The molecule has 0 bridgehead atoms. The molecule has 0 saturated carbocycles. The Bertz CT molecular complexity index is 592. The molecule has 0 aliphatic carbocycles. The third-order valence-corrected chi connectivity index (χ3v) is 3.81. The Labute approximate surface area is 122 Å². The third kappa shape index (κ3) is 3.12. The van der Waals surface area contributed by atoms with E-state index in [0.717, 1.165) is 37.9 Å². The fourth-order valence-electron chi connectivity index (χ4n) is 2.77. The molecule has 7 nitrogen and oxygen atoms in total. The van der Waals surface area contributed by atoms with Crippen molar-refractivity contribution >= 4 is 5.91 Å². The highest BCUT2D eigenvalue weighted by Gasteiger charge is 2.30. The number of aromatic nitrogens is 4. The lowest BCUT2D eigenvalue weighted by Crippen LogP contribution is -2.36. The Hall–Kier alpha value is -2.18. The first-order valence-electron chi connectivity index (χ1n) is 7.32. The standard InChI is InChI=1S/C14H19N5O2/c1-10-16-14(18-21-10)12-5-3-2-4-8-19(12)13(20)9-11-6-7-15-17-11/h6-7,12H,2-5,8-9H2,1H3,(H,15,17). The van der Waals surface area contributed by atoms with Crippen molar-refractivity contribution in [1.29, 1.82) is 0 Å². The fourth-order valence-corrected chi connectivity index (χ4v) is 2.77. The summed E-state index contributed by atoms with van der Waals surface area (Å²) >= 11 is 0. The van der Waals surface area contributed by atoms with Crippen LogP contribution in [0.4, 0.5) is 0 Å². The van der Waals surface area contributed by atoms with Gasteiger partial charge in [0.15, 0.2) is 5.82 Å². The molecule has 1 aliphatic rings. The molecule has 7 heteroatoms. The summed E-state index contributed by atoms with van der Waals surface area (Å²) < 4.78 is 5.08. The summed E-state index contributed by atoms with van der Waals surface area (Å²) in [5.74, 6) is 1.23. The van der Waals surface area contributed by atoms with Gasteiger partial charge in [-0.1, -0.05) is 18.0 Å². The molecule has 0 aromatic carbocycles. The van der Waals surface area contributed by atoms with E-state index in [1.807, 2.05) is 11.0 Å². The molecule has 1 aliphatic heterocycles. The molecule has 1 atom stereocenters. The second-order valence-electron chi connectivity index (χ2n) is 5.38. The molecule has 21 heavy (non-hydrogen) atoms. The topological polar surface area (TPSA) is 87.9 Å². The lowest BCUT2D eigenvalue weighted by Gasteiger charge is -2.27. The second kappa shape index (κ2) is 6.07. The van der Waals surface area contributed by atoms with Gasteiger partial charge in [0.25, 0.3) is 0 Å². The van der Waals surface area contributed by atoms with Crippen LogP contribution >= 0.6 is 0 Å². The number of aromatic amines is 1. The Morgan fingerprint density at radius 2 is 2.38 bits per heavy atom. The predicted octanol–water partition coefficient (Wildman–Crippen LogP) is 1.79. The zero-order valence-corrected chi connectivity index (χ0v) is 12.1. The van der Waals surface area contributed by atoms with Crippen molar-refractivity contribution in [2.45, 2.75) is 45.1 Å². The number of H-pyrrole nitrogens is 1. The van der Waals surface area contributed by atoms with Crippen molar-refractivity contribution in [3.8, 4) is 0 Å². The van der Waals surface area contributed by atoms with Crippen LogP contribution in [0.25, 0.3) is 0 Å². The Balaban J connectivity index is 1.79. The van der Waals surface area contributed by atoms with Crippen LogP contribution in [0.3, 0.4) is 0 Å². The molecule has 1 unspecified atom stereocenters. The summed E-state index contributed by atoms with van der Waals surface area (Å²) in [6.07, 6.45) is 6.08. The summed E-state index contributed by atoms with van der Waals surface area (Å²) in [7, 11) is 0. The first-order chi connectivity index (χ1) is 10.2. The maximum atomic E-state index is 12.6. The highest BCUT2D eigenvalue weighted by atomic mass is 16.5. The van der Waals surface area contributed by atoms with Crippen molar-refractivity contribution in [1.82, 2.24) is 25.2 Å². The van der Waals surface area contributed by atoms with Crippen LogP contribution in [0.1, 0.15) is 49.1 Å². The largest absolute Gasteiger partial charge is 0.340 e. The molecular formula is C14H19N5O2. The number of nitrogens with one attached hydrogen (secondary N) is 1. The molecule has 0 spiro atoms. The molecule has 1 fully saturated rings. The molecule has 2 aromatic rings. The van der Waals surface area contributed by atoms with E-state index in [1.54, 1.807) is 13.1 Å². The Morgan fingerprint density at radius 1 is 1.48 bits per heavy atom. The van der Waals surface area contributed by atoms with Crippen LogP contribution in [0, 0.1) is 6.92 Å². The molecule has 3 rings (SSSR count). The van der Waals surface area contributed by atoms with Crippen LogP contribution < -0.4 is 0 Å². The number of likely N-dealkylation sites (tertiary alicyclic amines) is 1. The summed E-state index contributed by atoms with van der Waals surface area (Å²) in [6, 6.07) is 1.74. The molecule has 1 amide bonds. The van der Waals surface area contributed by atoms with E-state index in [4.69, 9.17) is 4.52 Å². The fraction of sp³-hybridized carbons (Fsp3) is 0.571. The number of nitrogens with zero attached hydrogens (tertiary/aromatic N) is 4. The number of carbonyl (C=O) groups is 1. The summed E-state index contributed by atoms with van der Waals surface area (Å²) in [5.41, 5.74) is 0.826. The molecule has 1 N–H and O–H groups in total. The molecule has 3 heterocycles. The minimum Gasteiger partial charge on any atom is -0.340 e. The minimum atomic E-state index is -0.0830. The van der Waals surface area contributed by atoms with Gasteiger partial charge in [-0.05, 0) is 18.9 Å². The normalized spacial score (nSPS) is 19.5. The number of hydrogen-bond acceptors (Lipinski definition) is 5. The maximum absolute atomic E-state index is 12.6. The Kier molecular flexibility index (Phi) is 3.98. The molecule has 0 radical (unpaired) electrons. The SMILES string of the molecule is Cc1nc(C2CCCCCN2C(=O)Cc2ccn[nH]2)no1. The quantitative estimate of drug-likeness (QED) is 0.930. The molecule has 2 aromatic heterocycles. The number of hydrogen-bond donors (Lipinski definition) is 1. The molecule has 112 valence electrons. The zero-order chi connectivity index (χ0) is 14.7. The van der Waals surface area contributed by atoms with Gasteiger partial charge in [0.2, 0.25) is 11.8 Å². The van der Waals surface area contributed by atoms with Gasteiger partial charge in [0, 0.05) is 25.4 Å². The van der Waals surface area contributed by atoms with Crippen molar-refractivity contribution in [3.63, 3.8) is 0 Å². The van der Waals surface area contributed by atoms with Gasteiger partial charge in [-0.25, -0.2) is 0 Å². The molecular weight excluding hydrogens is 270 g/mol. The predicted molar refractivity (Wildman–Crippen MR) is 74.2 cm³/mol. The van der Waals surface area contributed by atoms with Crippen LogP contribution in [0.2, 0.25) is 0 Å². The van der Waals surface area contributed by atoms with Gasteiger partial charge in [-0.3, -0.25) is 9.89 Å². The van der Waals surface area contributed by atoms with E-state index in [9.17, 15) is 4.79 Å². The van der Waals surface area contributed by atoms with Crippen molar-refractivity contribution < 1.29 is 9.32 Å². The van der Waals surface area contributed by atoms with E-state index in [1.165, 1.54) is 0 Å². The average Bonchev–Trinajstić information content (AvgIpc) is 3.05. The van der Waals surface area contributed by atoms with Crippen LogP contribution in [-0.2, 0) is 11.2 Å². The van der Waals surface area contributed by atoms with Gasteiger partial charge < -0.3 is 9.42 Å². The minimum absolute atomic E-state index is 0.0774. The number of aryl methyl sites for hydroxylation is 1. The van der Waals surface area contributed by atoms with Gasteiger partial charge >= 0.3 is 0 Å². The van der Waals surface area contributed by atoms with Gasteiger partial charge in [0.1, 0.15) is 0 Å². The van der Waals surface area contributed by atoms with E-state index < -0.39 is 0 Å². The third-order valence-electron chi connectivity index (χ3n) is 3.81. The summed E-state index contributed by atoms with van der Waals surface area (Å²) in [4.78, 5) is 18.8. The van der Waals surface area contributed by atoms with Crippen molar-refractivity contribution in [2.75, 3.05) is 6.54 Å². The average molecular weight is 289 g/mol. The number of amides is 1. The van der Waals surface area contributed by atoms with Crippen LogP contribution in [0.15, 0.2) is 16.8 Å². The lowest BCUT2D eigenvalue weighted by molar-refractivity contribution is -0.133. The van der Waals surface area contributed by atoms with E-state index >= 15 is 0 Å². The second-order valence-corrected chi connectivity index (χ2v) is 5.38. The van der Waals surface area contributed by atoms with Gasteiger partial charge in [0.05, 0.1) is 12.5 Å². The highest BCUT2D eigenvalue weighted by molar-refractivity contribution is 5.78. The zero-order valence-electron chi connectivity index (χ0n) is 12.1. The highest BCUT2D eigenvalue weighted by Crippen LogP contribution is 2.28. The first kappa shape index (κ1) is 13.8. The monoisotopic (exact) mass is 289 g/mol. The van der Waals surface area contributed by atoms with E-state index in [2.05, 4.69) is 20.3 Å². The smallest absolute Gasteiger partial charge is 0.229 e. The van der Waals surface area contributed by atoms with Crippen molar-refractivity contribution in [2.24, 2.45) is 0 Å². The molecule has 1 saturated heterocycles. The summed E-state index contributed by atoms with van der Waals surface area (Å²) in [6.45, 7) is 2.51. The summed E-state index contributed by atoms with van der Waals surface area (Å²) in [5, 5.41) is 10.7. The van der Waals surface area contributed by atoms with E-state index in [-0.39, 0.29) is 11.9 Å². The van der Waals surface area contributed by atoms with Crippen LogP contribution in [-0.4, -0.2) is 37.7 Å². The van der Waals surface area contributed by atoms with Gasteiger partial charge in [-0.15, -0.1) is 0 Å². The Morgan fingerprint density at radius 3 is 3.10 bits per heavy atom. The lowest BCUT2D eigenvalue weighted by atomic mass is 10.1. The number of carbonyl (C=O) groups excluding carboxylic acids is 1. The number of rotatable bonds is 3. The van der Waals surface area contributed by atoms with Crippen LogP contribution in [0.5, 0.6) is 0 Å².